The van der Waals surface area contributed by atoms with Crippen molar-refractivity contribution in [3.63, 3.8) is 0 Å². The van der Waals surface area contributed by atoms with Crippen molar-refractivity contribution in [3.05, 3.63) is 28.8 Å². The molecule has 3 N–H and O–H groups in total. The number of hydrogen-bond acceptors (Lipinski definition) is 4. The van der Waals surface area contributed by atoms with Crippen molar-refractivity contribution in [1.29, 1.82) is 0 Å². The van der Waals surface area contributed by atoms with Gasteiger partial charge < -0.3 is 20.5 Å². The van der Waals surface area contributed by atoms with E-state index in [1.807, 2.05) is 12.1 Å². The van der Waals surface area contributed by atoms with E-state index in [4.69, 9.17) is 27.2 Å². The summed E-state index contributed by atoms with van der Waals surface area (Å²) in [7, 11) is 1.62. The predicted molar refractivity (Wildman–Crippen MR) is 86.0 cm³/mol. The zero-order valence-corrected chi connectivity index (χ0v) is 13.4. The first kappa shape index (κ1) is 16.6. The van der Waals surface area contributed by atoms with Crippen molar-refractivity contribution in [2.24, 2.45) is 11.7 Å². The van der Waals surface area contributed by atoms with E-state index in [1.54, 1.807) is 7.11 Å². The van der Waals surface area contributed by atoms with Crippen LogP contribution in [0.3, 0.4) is 0 Å². The van der Waals surface area contributed by atoms with Crippen LogP contribution in [0.15, 0.2) is 18.2 Å². The van der Waals surface area contributed by atoms with Gasteiger partial charge in [-0.3, -0.25) is 0 Å². The van der Waals surface area contributed by atoms with Gasteiger partial charge in [-0.2, -0.15) is 0 Å². The first-order chi connectivity index (χ1) is 10.2. The van der Waals surface area contributed by atoms with Gasteiger partial charge in [0.25, 0.3) is 0 Å². The van der Waals surface area contributed by atoms with Gasteiger partial charge in [-0.15, -0.1) is 0 Å². The maximum absolute atomic E-state index is 9.01. The Hall–Kier alpha value is -0.810. The molecule has 1 unspecified atom stereocenters. The van der Waals surface area contributed by atoms with Crippen molar-refractivity contribution in [1.82, 2.24) is 4.90 Å². The van der Waals surface area contributed by atoms with Crippen molar-refractivity contribution in [3.8, 4) is 5.75 Å². The van der Waals surface area contributed by atoms with Gasteiger partial charge in [0, 0.05) is 6.54 Å². The average molecular weight is 313 g/mol. The Balaban J connectivity index is 2.05. The van der Waals surface area contributed by atoms with Crippen LogP contribution in [-0.2, 0) is 0 Å². The van der Waals surface area contributed by atoms with E-state index in [-0.39, 0.29) is 6.61 Å². The number of aliphatic hydroxyl groups is 1. The molecule has 0 bridgehead atoms. The Bertz CT molecular complexity index is 448. The number of nitrogens with two attached hydrogens (primary N) is 1. The molecular formula is C16H25ClN2O2. The van der Waals surface area contributed by atoms with E-state index in [0.717, 1.165) is 32.5 Å². The summed E-state index contributed by atoms with van der Waals surface area (Å²) < 4.78 is 5.21. The van der Waals surface area contributed by atoms with E-state index >= 15 is 0 Å². The highest BCUT2D eigenvalue weighted by atomic mass is 35.5. The van der Waals surface area contributed by atoms with Crippen molar-refractivity contribution < 1.29 is 9.84 Å². The number of benzene rings is 1. The van der Waals surface area contributed by atoms with Gasteiger partial charge in [0.05, 0.1) is 18.7 Å². The minimum Gasteiger partial charge on any atom is -0.495 e. The molecule has 1 aliphatic heterocycles. The lowest BCUT2D eigenvalue weighted by molar-refractivity contribution is 0.138. The number of piperidine rings is 1. The van der Waals surface area contributed by atoms with Crippen LogP contribution in [-0.4, -0.2) is 49.9 Å². The van der Waals surface area contributed by atoms with Crippen molar-refractivity contribution in [2.75, 3.05) is 39.9 Å². The molecule has 21 heavy (non-hydrogen) atoms. The number of likely N-dealkylation sites (tertiary alicyclic amines) is 1. The number of ether oxygens (including phenoxy) is 1. The summed E-state index contributed by atoms with van der Waals surface area (Å²) in [6, 6.07) is 5.97. The lowest BCUT2D eigenvalue weighted by Crippen LogP contribution is -2.38. The molecule has 1 aromatic rings. The summed E-state index contributed by atoms with van der Waals surface area (Å²) in [4.78, 5) is 2.31. The number of β-amino-alcohol motifs (C(OH)–C–C–N with tert-alkyl or cyclic N) is 1. The third-order valence-electron chi connectivity index (χ3n) is 4.48. The van der Waals surface area contributed by atoms with Crippen LogP contribution in [0.25, 0.3) is 0 Å². The minimum atomic E-state index is 0.235. The van der Waals surface area contributed by atoms with Gasteiger partial charge in [0.1, 0.15) is 5.75 Å². The Morgan fingerprint density at radius 2 is 2.14 bits per heavy atom. The molecule has 2 rings (SSSR count). The van der Waals surface area contributed by atoms with E-state index in [1.165, 1.54) is 5.56 Å². The number of rotatable bonds is 6. The molecule has 1 heterocycles. The monoisotopic (exact) mass is 312 g/mol. The first-order valence-corrected chi connectivity index (χ1v) is 7.94. The van der Waals surface area contributed by atoms with Crippen molar-refractivity contribution >= 4 is 11.6 Å². The summed E-state index contributed by atoms with van der Waals surface area (Å²) in [5.74, 6) is 1.62. The molecule has 1 saturated heterocycles. The minimum absolute atomic E-state index is 0.235. The Morgan fingerprint density at radius 3 is 2.67 bits per heavy atom. The standard InChI is InChI=1S/C16H25ClN2O2/c1-21-16-3-2-13(10-15(16)17)14(11-18)12-4-6-19(7-5-12)8-9-20/h2-3,10,12,14,20H,4-9,11,18H2,1H3. The smallest absolute Gasteiger partial charge is 0.137 e. The topological polar surface area (TPSA) is 58.7 Å². The Kier molecular flexibility index (Phi) is 6.30. The summed E-state index contributed by atoms with van der Waals surface area (Å²) >= 11 is 6.23. The highest BCUT2D eigenvalue weighted by Crippen LogP contribution is 2.35. The van der Waals surface area contributed by atoms with E-state index in [2.05, 4.69) is 11.0 Å². The van der Waals surface area contributed by atoms with Crippen LogP contribution in [0.2, 0.25) is 5.02 Å². The Morgan fingerprint density at radius 1 is 1.43 bits per heavy atom. The molecule has 4 nitrogen and oxygen atoms in total. The second-order valence-corrected chi connectivity index (χ2v) is 6.05. The van der Waals surface area contributed by atoms with Gasteiger partial charge in [-0.25, -0.2) is 0 Å². The molecule has 1 aliphatic rings. The fraction of sp³-hybridized carbons (Fsp3) is 0.625. The lowest BCUT2D eigenvalue weighted by Gasteiger charge is -2.35. The van der Waals surface area contributed by atoms with Crippen LogP contribution in [0.4, 0.5) is 0 Å². The molecule has 0 spiro atoms. The van der Waals surface area contributed by atoms with E-state index in [0.29, 0.717) is 29.2 Å². The van der Waals surface area contributed by atoms with Crippen LogP contribution >= 0.6 is 11.6 Å². The molecule has 1 aromatic carbocycles. The number of aliphatic hydroxyl groups excluding tert-OH is 1. The number of hydrogen-bond donors (Lipinski definition) is 2. The van der Waals surface area contributed by atoms with Crippen LogP contribution in [0, 0.1) is 5.92 Å². The maximum Gasteiger partial charge on any atom is 0.137 e. The third kappa shape index (κ3) is 4.10. The number of halogens is 1. The number of methoxy groups -OCH3 is 1. The zero-order valence-electron chi connectivity index (χ0n) is 12.6. The molecule has 5 heteroatoms. The third-order valence-corrected chi connectivity index (χ3v) is 4.77. The molecule has 118 valence electrons. The molecule has 1 atom stereocenters. The highest BCUT2D eigenvalue weighted by Gasteiger charge is 2.27. The number of nitrogens with zero attached hydrogens (tertiary/aromatic N) is 1. The summed E-state index contributed by atoms with van der Waals surface area (Å²) in [6.07, 6.45) is 2.23. The second-order valence-electron chi connectivity index (χ2n) is 5.64. The van der Waals surface area contributed by atoms with Gasteiger partial charge in [0.15, 0.2) is 0 Å². The van der Waals surface area contributed by atoms with Gasteiger partial charge in [-0.1, -0.05) is 17.7 Å². The lowest BCUT2D eigenvalue weighted by atomic mass is 9.80. The van der Waals surface area contributed by atoms with Crippen LogP contribution < -0.4 is 10.5 Å². The largest absolute Gasteiger partial charge is 0.495 e. The summed E-state index contributed by atoms with van der Waals surface area (Å²) in [5.41, 5.74) is 7.22. The molecule has 0 aromatic heterocycles. The fourth-order valence-electron chi connectivity index (χ4n) is 3.23. The van der Waals surface area contributed by atoms with E-state index in [9.17, 15) is 0 Å². The second kappa shape index (κ2) is 7.99. The molecule has 0 amide bonds. The summed E-state index contributed by atoms with van der Waals surface area (Å²) in [5, 5.41) is 9.65. The van der Waals surface area contributed by atoms with Crippen LogP contribution in [0.5, 0.6) is 5.75 Å². The quantitative estimate of drug-likeness (QED) is 0.844. The maximum atomic E-state index is 9.01. The SMILES string of the molecule is COc1ccc(C(CN)C2CCN(CCO)CC2)cc1Cl. The summed E-state index contributed by atoms with van der Waals surface area (Å²) in [6.45, 7) is 3.71. The average Bonchev–Trinajstić information content (AvgIpc) is 2.50. The van der Waals surface area contributed by atoms with Crippen LogP contribution in [0.1, 0.15) is 24.3 Å². The normalized spacial score (nSPS) is 18.7. The van der Waals surface area contributed by atoms with Gasteiger partial charge >= 0.3 is 0 Å². The van der Waals surface area contributed by atoms with Gasteiger partial charge in [0.2, 0.25) is 0 Å². The predicted octanol–water partition coefficient (Wildman–Crippen LogP) is 2.10. The van der Waals surface area contributed by atoms with E-state index < -0.39 is 0 Å². The molecule has 1 fully saturated rings. The highest BCUT2D eigenvalue weighted by molar-refractivity contribution is 6.32. The molecule has 0 saturated carbocycles. The fourth-order valence-corrected chi connectivity index (χ4v) is 3.50. The molecular weight excluding hydrogens is 288 g/mol. The van der Waals surface area contributed by atoms with Crippen molar-refractivity contribution in [2.45, 2.75) is 18.8 Å². The Labute approximate surface area is 131 Å². The molecule has 0 aliphatic carbocycles. The van der Waals surface area contributed by atoms with Gasteiger partial charge in [-0.05, 0) is 62.0 Å². The first-order valence-electron chi connectivity index (χ1n) is 7.56. The zero-order chi connectivity index (χ0) is 15.2. The molecule has 0 radical (unpaired) electrons.